The van der Waals surface area contributed by atoms with Crippen molar-refractivity contribution in [2.75, 3.05) is 11.9 Å². The van der Waals surface area contributed by atoms with Gasteiger partial charge in [-0.1, -0.05) is 62.7 Å². The fourth-order valence-electron chi connectivity index (χ4n) is 3.44. The van der Waals surface area contributed by atoms with Crippen LogP contribution in [0.15, 0.2) is 54.6 Å². The molecule has 1 aromatic heterocycles. The molecule has 0 spiro atoms. The molecule has 0 unspecified atom stereocenters. The van der Waals surface area contributed by atoms with E-state index in [0.717, 1.165) is 16.9 Å². The summed E-state index contributed by atoms with van der Waals surface area (Å²) in [6.45, 7) is 11.9. The number of hydrogen-bond acceptors (Lipinski definition) is 3. The van der Waals surface area contributed by atoms with Gasteiger partial charge in [-0.25, -0.2) is 4.68 Å². The number of benzene rings is 2. The third-order valence-corrected chi connectivity index (χ3v) is 5.72. The molecule has 0 aliphatic rings. The average Bonchev–Trinajstić information content (AvgIpc) is 3.16. The first kappa shape index (κ1) is 24.5. The highest BCUT2D eigenvalue weighted by Crippen LogP contribution is 2.27. The van der Waals surface area contributed by atoms with Gasteiger partial charge in [-0.2, -0.15) is 5.10 Å². The highest BCUT2D eigenvalue weighted by molar-refractivity contribution is 6.33. The van der Waals surface area contributed by atoms with Crippen molar-refractivity contribution in [3.8, 4) is 5.69 Å². The van der Waals surface area contributed by atoms with Gasteiger partial charge in [0, 0.05) is 17.5 Å². The summed E-state index contributed by atoms with van der Waals surface area (Å²) in [6, 6.07) is 16.4. The summed E-state index contributed by atoms with van der Waals surface area (Å²) in [4.78, 5) is 27.7. The monoisotopic (exact) mass is 466 g/mol. The van der Waals surface area contributed by atoms with E-state index in [1.807, 2.05) is 51.1 Å². The van der Waals surface area contributed by atoms with Crippen LogP contribution in [0.2, 0.25) is 5.02 Å². The molecule has 2 aromatic carbocycles. The Labute approximate surface area is 200 Å². The molecular weight excluding hydrogens is 436 g/mol. The zero-order chi connectivity index (χ0) is 24.3. The lowest BCUT2D eigenvalue weighted by Crippen LogP contribution is -2.42. The summed E-state index contributed by atoms with van der Waals surface area (Å²) in [5.41, 5.74) is 2.96. The smallest absolute Gasteiger partial charge is 0.256 e. The number of carbonyl (C=O) groups is 2. The molecule has 0 fully saturated rings. The van der Waals surface area contributed by atoms with E-state index in [1.165, 1.54) is 4.90 Å². The maximum Gasteiger partial charge on any atom is 0.256 e. The molecule has 0 atom stereocenters. The van der Waals surface area contributed by atoms with E-state index in [1.54, 1.807) is 28.9 Å². The fourth-order valence-corrected chi connectivity index (χ4v) is 3.65. The van der Waals surface area contributed by atoms with Gasteiger partial charge in [-0.05, 0) is 44.5 Å². The van der Waals surface area contributed by atoms with E-state index in [4.69, 9.17) is 16.7 Å². The molecule has 0 aliphatic carbocycles. The Bertz CT molecular complexity index is 1160. The highest BCUT2D eigenvalue weighted by atomic mass is 35.5. The zero-order valence-corrected chi connectivity index (χ0v) is 20.8. The first-order valence-corrected chi connectivity index (χ1v) is 11.4. The standard InChI is InChI=1S/C26H31ClN4O2/c1-17(2)30(25(33)19-12-8-9-13-20(19)27)16-24(32)28-23-15-22(26(4,5)6)29-31(23)21-14-10-7-11-18(21)3/h7-15,17H,16H2,1-6H3,(H,28,32). The Morgan fingerprint density at radius 1 is 1.09 bits per heavy atom. The lowest BCUT2D eigenvalue weighted by molar-refractivity contribution is -0.117. The van der Waals surface area contributed by atoms with Crippen molar-refractivity contribution >= 4 is 29.2 Å². The molecule has 1 N–H and O–H groups in total. The van der Waals surface area contributed by atoms with Crippen LogP contribution in [0.5, 0.6) is 0 Å². The van der Waals surface area contributed by atoms with Crippen LogP contribution in [0.25, 0.3) is 5.69 Å². The number of rotatable bonds is 6. The number of nitrogens with zero attached hydrogens (tertiary/aromatic N) is 3. The van der Waals surface area contributed by atoms with E-state index in [0.29, 0.717) is 16.4 Å². The van der Waals surface area contributed by atoms with Crippen LogP contribution >= 0.6 is 11.6 Å². The van der Waals surface area contributed by atoms with Gasteiger partial charge in [-0.15, -0.1) is 0 Å². The molecule has 0 saturated heterocycles. The van der Waals surface area contributed by atoms with E-state index in [-0.39, 0.29) is 29.8 Å². The molecule has 0 aliphatic heterocycles. The Kier molecular flexibility index (Phi) is 7.28. The molecule has 3 aromatic rings. The van der Waals surface area contributed by atoms with Gasteiger partial charge in [0.15, 0.2) is 0 Å². The van der Waals surface area contributed by atoms with Crippen LogP contribution in [-0.2, 0) is 10.2 Å². The summed E-state index contributed by atoms with van der Waals surface area (Å²) < 4.78 is 1.75. The first-order valence-electron chi connectivity index (χ1n) is 11.0. The second-order valence-electron chi connectivity index (χ2n) is 9.42. The average molecular weight is 467 g/mol. The Morgan fingerprint density at radius 2 is 1.73 bits per heavy atom. The lowest BCUT2D eigenvalue weighted by atomic mass is 9.92. The lowest BCUT2D eigenvalue weighted by Gasteiger charge is -2.26. The highest BCUT2D eigenvalue weighted by Gasteiger charge is 2.25. The molecule has 3 rings (SSSR count). The number of anilines is 1. The molecule has 33 heavy (non-hydrogen) atoms. The van der Waals surface area contributed by atoms with Crippen molar-refractivity contribution in [1.82, 2.24) is 14.7 Å². The quantitative estimate of drug-likeness (QED) is 0.512. The van der Waals surface area contributed by atoms with Crippen molar-refractivity contribution in [3.63, 3.8) is 0 Å². The maximum absolute atomic E-state index is 13.1. The van der Waals surface area contributed by atoms with Gasteiger partial charge in [0.2, 0.25) is 5.91 Å². The normalized spacial score (nSPS) is 11.5. The second kappa shape index (κ2) is 9.79. The van der Waals surface area contributed by atoms with E-state index in [9.17, 15) is 9.59 Å². The topological polar surface area (TPSA) is 67.2 Å². The minimum Gasteiger partial charge on any atom is -0.327 e. The number of halogens is 1. The van der Waals surface area contributed by atoms with E-state index in [2.05, 4.69) is 26.1 Å². The van der Waals surface area contributed by atoms with Crippen molar-refractivity contribution in [2.24, 2.45) is 0 Å². The largest absolute Gasteiger partial charge is 0.327 e. The van der Waals surface area contributed by atoms with Gasteiger partial charge < -0.3 is 10.2 Å². The van der Waals surface area contributed by atoms with Crippen molar-refractivity contribution in [1.29, 1.82) is 0 Å². The minimum absolute atomic E-state index is 0.106. The third kappa shape index (κ3) is 5.63. The number of para-hydroxylation sites is 1. The Balaban J connectivity index is 1.90. The molecule has 174 valence electrons. The van der Waals surface area contributed by atoms with E-state index < -0.39 is 0 Å². The Hall–Kier alpha value is -3.12. The number of nitrogens with one attached hydrogen (secondary N) is 1. The molecule has 1 heterocycles. The molecule has 7 heteroatoms. The predicted molar refractivity (Wildman–Crippen MR) is 133 cm³/mol. The summed E-state index contributed by atoms with van der Waals surface area (Å²) in [7, 11) is 0. The number of amides is 2. The molecule has 2 amide bonds. The molecule has 0 radical (unpaired) electrons. The second-order valence-corrected chi connectivity index (χ2v) is 9.83. The third-order valence-electron chi connectivity index (χ3n) is 5.39. The van der Waals surface area contributed by atoms with Gasteiger partial charge in [-0.3, -0.25) is 9.59 Å². The molecule has 6 nitrogen and oxygen atoms in total. The SMILES string of the molecule is Cc1ccccc1-n1nc(C(C)(C)C)cc1NC(=O)CN(C(=O)c1ccccc1Cl)C(C)C. The number of aryl methyl sites for hydroxylation is 1. The van der Waals surface area contributed by atoms with Crippen molar-refractivity contribution in [2.45, 2.75) is 53.0 Å². The molecule has 0 saturated carbocycles. The fraction of sp³-hybridized carbons (Fsp3) is 0.346. The minimum atomic E-state index is -0.306. The summed E-state index contributed by atoms with van der Waals surface area (Å²) >= 11 is 6.22. The summed E-state index contributed by atoms with van der Waals surface area (Å²) in [5, 5.41) is 8.11. The van der Waals surface area contributed by atoms with Crippen LogP contribution in [-0.4, -0.2) is 39.1 Å². The summed E-state index contributed by atoms with van der Waals surface area (Å²) in [5.74, 6) is -0.0269. The van der Waals surface area contributed by atoms with Crippen molar-refractivity contribution in [3.05, 3.63) is 76.4 Å². The Morgan fingerprint density at radius 3 is 2.33 bits per heavy atom. The molecule has 0 bridgehead atoms. The summed E-state index contributed by atoms with van der Waals surface area (Å²) in [6.07, 6.45) is 0. The van der Waals surface area contributed by atoms with Crippen LogP contribution < -0.4 is 5.32 Å². The van der Waals surface area contributed by atoms with Gasteiger partial charge in [0.25, 0.3) is 5.91 Å². The van der Waals surface area contributed by atoms with Crippen LogP contribution in [0.3, 0.4) is 0 Å². The van der Waals surface area contributed by atoms with Crippen LogP contribution in [0.4, 0.5) is 5.82 Å². The molecular formula is C26H31ClN4O2. The number of carbonyl (C=O) groups excluding carboxylic acids is 2. The van der Waals surface area contributed by atoms with Gasteiger partial charge >= 0.3 is 0 Å². The number of hydrogen-bond donors (Lipinski definition) is 1. The van der Waals surface area contributed by atoms with Crippen molar-refractivity contribution < 1.29 is 9.59 Å². The van der Waals surface area contributed by atoms with Gasteiger partial charge in [0.05, 0.1) is 22.0 Å². The maximum atomic E-state index is 13.1. The number of aromatic nitrogens is 2. The van der Waals surface area contributed by atoms with Crippen LogP contribution in [0, 0.1) is 6.92 Å². The predicted octanol–water partition coefficient (Wildman–Crippen LogP) is 5.62. The zero-order valence-electron chi connectivity index (χ0n) is 20.0. The van der Waals surface area contributed by atoms with Crippen LogP contribution in [0.1, 0.15) is 56.2 Å². The first-order chi connectivity index (χ1) is 15.5. The van der Waals surface area contributed by atoms with Gasteiger partial charge in [0.1, 0.15) is 12.4 Å². The van der Waals surface area contributed by atoms with E-state index >= 15 is 0 Å².